The fraction of sp³-hybridized carbons (Fsp3) is 0.375. The van der Waals surface area contributed by atoms with Gasteiger partial charge in [-0.05, 0) is 21.8 Å². The minimum Gasteiger partial charge on any atom is -0.361 e. The van der Waals surface area contributed by atoms with Crippen LogP contribution in [0.15, 0.2) is 26.5 Å². The molecule has 0 amide bonds. The minimum atomic E-state index is 0.351. The standard InChI is InChI=1S/C8H10BrClN2/c1-5(2)7-8(10)12-4-6(9)3-11-7/h3-5,11H,1-2H3. The van der Waals surface area contributed by atoms with Gasteiger partial charge in [-0.2, -0.15) is 0 Å². The average molecular weight is 250 g/mol. The molecule has 0 aromatic heterocycles. The van der Waals surface area contributed by atoms with Gasteiger partial charge in [0.2, 0.25) is 0 Å². The predicted octanol–water partition coefficient (Wildman–Crippen LogP) is 2.96. The average Bonchev–Trinajstić information content (AvgIpc) is 2.14. The topological polar surface area (TPSA) is 24.4 Å². The van der Waals surface area contributed by atoms with Gasteiger partial charge in [0.25, 0.3) is 0 Å². The van der Waals surface area contributed by atoms with Crippen molar-refractivity contribution in [3.8, 4) is 0 Å². The van der Waals surface area contributed by atoms with E-state index in [2.05, 4.69) is 40.1 Å². The largest absolute Gasteiger partial charge is 0.361 e. The number of nitrogens with one attached hydrogen (secondary N) is 1. The highest BCUT2D eigenvalue weighted by atomic mass is 79.9. The van der Waals surface area contributed by atoms with Crippen molar-refractivity contribution in [2.24, 2.45) is 10.9 Å². The Morgan fingerprint density at radius 1 is 1.58 bits per heavy atom. The van der Waals surface area contributed by atoms with Gasteiger partial charge in [-0.3, -0.25) is 0 Å². The molecule has 2 nitrogen and oxygen atoms in total. The van der Waals surface area contributed by atoms with Gasteiger partial charge in [0.15, 0.2) is 0 Å². The molecular weight excluding hydrogens is 239 g/mol. The van der Waals surface area contributed by atoms with Crippen LogP contribution in [0.4, 0.5) is 0 Å². The maximum Gasteiger partial charge on any atom is 0.148 e. The van der Waals surface area contributed by atoms with E-state index in [0.29, 0.717) is 11.1 Å². The van der Waals surface area contributed by atoms with Crippen LogP contribution in [0.1, 0.15) is 13.8 Å². The van der Waals surface area contributed by atoms with E-state index >= 15 is 0 Å². The second-order valence-electron chi connectivity index (χ2n) is 2.79. The lowest BCUT2D eigenvalue weighted by Crippen LogP contribution is -2.11. The van der Waals surface area contributed by atoms with E-state index in [9.17, 15) is 0 Å². The molecule has 1 aliphatic rings. The zero-order chi connectivity index (χ0) is 9.14. The molecule has 12 heavy (non-hydrogen) atoms. The molecule has 1 aliphatic heterocycles. The van der Waals surface area contributed by atoms with Gasteiger partial charge in [0, 0.05) is 12.4 Å². The second-order valence-corrected chi connectivity index (χ2v) is 4.06. The third-order valence-corrected chi connectivity index (χ3v) is 2.20. The van der Waals surface area contributed by atoms with Crippen LogP contribution in [0, 0.1) is 5.92 Å². The first-order valence-electron chi connectivity index (χ1n) is 3.67. The lowest BCUT2D eigenvalue weighted by atomic mass is 10.1. The highest BCUT2D eigenvalue weighted by molar-refractivity contribution is 9.12. The van der Waals surface area contributed by atoms with Gasteiger partial charge in [-0.1, -0.05) is 25.4 Å². The number of hydrogen-bond acceptors (Lipinski definition) is 2. The maximum atomic E-state index is 5.91. The summed E-state index contributed by atoms with van der Waals surface area (Å²) in [7, 11) is 0. The summed E-state index contributed by atoms with van der Waals surface area (Å²) in [5.74, 6) is 0.351. The summed E-state index contributed by atoms with van der Waals surface area (Å²) in [6.45, 7) is 4.13. The number of aliphatic imine (C=N–C) groups is 1. The third-order valence-electron chi connectivity index (χ3n) is 1.47. The van der Waals surface area contributed by atoms with Crippen LogP contribution in [0.2, 0.25) is 0 Å². The summed E-state index contributed by atoms with van der Waals surface area (Å²) in [5, 5.41) is 3.62. The summed E-state index contributed by atoms with van der Waals surface area (Å²) in [6, 6.07) is 0. The van der Waals surface area contributed by atoms with Crippen LogP contribution >= 0.6 is 27.5 Å². The van der Waals surface area contributed by atoms with Gasteiger partial charge >= 0.3 is 0 Å². The summed E-state index contributed by atoms with van der Waals surface area (Å²) in [4.78, 5) is 4.05. The van der Waals surface area contributed by atoms with Crippen molar-refractivity contribution < 1.29 is 0 Å². The Hall–Kier alpha value is -0.280. The van der Waals surface area contributed by atoms with Gasteiger partial charge in [-0.25, -0.2) is 4.99 Å². The Morgan fingerprint density at radius 3 is 2.83 bits per heavy atom. The van der Waals surface area contributed by atoms with Crippen molar-refractivity contribution in [1.82, 2.24) is 5.32 Å². The molecule has 0 atom stereocenters. The second kappa shape index (κ2) is 4.10. The smallest absolute Gasteiger partial charge is 0.148 e. The fourth-order valence-electron chi connectivity index (χ4n) is 0.836. The Balaban J connectivity index is 2.93. The highest BCUT2D eigenvalue weighted by Gasteiger charge is 2.09. The number of hydrogen-bond donors (Lipinski definition) is 1. The van der Waals surface area contributed by atoms with Crippen LogP contribution < -0.4 is 5.32 Å². The molecule has 1 rings (SSSR count). The molecule has 0 spiro atoms. The van der Waals surface area contributed by atoms with E-state index in [0.717, 1.165) is 10.2 Å². The van der Waals surface area contributed by atoms with Gasteiger partial charge in [-0.15, -0.1) is 0 Å². The summed E-state index contributed by atoms with van der Waals surface area (Å²) in [6.07, 6.45) is 3.50. The van der Waals surface area contributed by atoms with Crippen molar-refractivity contribution >= 4 is 33.7 Å². The number of allylic oxidation sites excluding steroid dienone is 2. The molecule has 66 valence electrons. The summed E-state index contributed by atoms with van der Waals surface area (Å²) in [5.41, 5.74) is 0.947. The zero-order valence-electron chi connectivity index (χ0n) is 6.94. The van der Waals surface area contributed by atoms with Crippen molar-refractivity contribution in [3.05, 3.63) is 21.5 Å². The quantitative estimate of drug-likeness (QED) is 0.710. The monoisotopic (exact) mass is 248 g/mol. The molecule has 0 saturated heterocycles. The van der Waals surface area contributed by atoms with Crippen molar-refractivity contribution in [3.63, 3.8) is 0 Å². The fourth-order valence-corrected chi connectivity index (χ4v) is 1.37. The molecule has 0 bridgehead atoms. The molecular formula is C8H10BrClN2. The van der Waals surface area contributed by atoms with Crippen molar-refractivity contribution in [1.29, 1.82) is 0 Å². The summed E-state index contributed by atoms with van der Waals surface area (Å²) >= 11 is 9.22. The lowest BCUT2D eigenvalue weighted by Gasteiger charge is -2.10. The molecule has 0 fully saturated rings. The maximum absolute atomic E-state index is 5.91. The summed E-state index contributed by atoms with van der Waals surface area (Å²) < 4.78 is 0.885. The number of nitrogens with zero attached hydrogens (tertiary/aromatic N) is 1. The molecule has 0 radical (unpaired) electrons. The van der Waals surface area contributed by atoms with Crippen LogP contribution in [-0.4, -0.2) is 6.21 Å². The van der Waals surface area contributed by atoms with Crippen LogP contribution in [0.3, 0.4) is 0 Å². The predicted molar refractivity (Wildman–Crippen MR) is 56.4 cm³/mol. The van der Waals surface area contributed by atoms with Crippen molar-refractivity contribution in [2.45, 2.75) is 13.8 Å². The van der Waals surface area contributed by atoms with Crippen LogP contribution in [0.5, 0.6) is 0 Å². The molecule has 1 heterocycles. The van der Waals surface area contributed by atoms with Gasteiger partial charge in [0.05, 0.1) is 10.2 Å². The first-order valence-corrected chi connectivity index (χ1v) is 4.84. The molecule has 0 aliphatic carbocycles. The van der Waals surface area contributed by atoms with E-state index in [1.54, 1.807) is 6.21 Å². The molecule has 0 aromatic carbocycles. The first kappa shape index (κ1) is 9.81. The van der Waals surface area contributed by atoms with Crippen molar-refractivity contribution in [2.75, 3.05) is 0 Å². The number of rotatable bonds is 1. The Kier molecular flexibility index (Phi) is 3.35. The molecule has 0 unspecified atom stereocenters. The Morgan fingerprint density at radius 2 is 2.25 bits per heavy atom. The molecule has 0 aromatic rings. The lowest BCUT2D eigenvalue weighted by molar-refractivity contribution is 0.709. The highest BCUT2D eigenvalue weighted by Crippen LogP contribution is 2.19. The Bertz CT molecular complexity index is 266. The van der Waals surface area contributed by atoms with E-state index in [1.165, 1.54) is 0 Å². The molecule has 4 heteroatoms. The number of halogens is 2. The van der Waals surface area contributed by atoms with E-state index in [1.807, 2.05) is 6.20 Å². The van der Waals surface area contributed by atoms with Crippen LogP contribution in [-0.2, 0) is 0 Å². The minimum absolute atomic E-state index is 0.351. The Labute approximate surface area is 85.5 Å². The zero-order valence-corrected chi connectivity index (χ0v) is 9.28. The van der Waals surface area contributed by atoms with Gasteiger partial charge in [0.1, 0.15) is 5.16 Å². The third kappa shape index (κ3) is 2.35. The normalized spacial score (nSPS) is 17.6. The van der Waals surface area contributed by atoms with Crippen LogP contribution in [0.25, 0.3) is 0 Å². The SMILES string of the molecule is CC(C)C1=C(Cl)N=CC(Br)=CN1. The first-order chi connectivity index (χ1) is 5.61. The molecule has 0 saturated carbocycles. The van der Waals surface area contributed by atoms with Gasteiger partial charge < -0.3 is 5.32 Å². The van der Waals surface area contributed by atoms with E-state index in [-0.39, 0.29) is 0 Å². The molecule has 1 N–H and O–H groups in total. The van der Waals surface area contributed by atoms with E-state index < -0.39 is 0 Å². The van der Waals surface area contributed by atoms with E-state index in [4.69, 9.17) is 11.6 Å².